The van der Waals surface area contributed by atoms with Crippen LogP contribution in [0.2, 0.25) is 0 Å². The van der Waals surface area contributed by atoms with Crippen LogP contribution in [-0.2, 0) is 0 Å². The van der Waals surface area contributed by atoms with Gasteiger partial charge in [-0.15, -0.1) is 0 Å². The van der Waals surface area contributed by atoms with Crippen molar-refractivity contribution >= 4 is 6.03 Å². The number of rotatable bonds is 2. The third-order valence-corrected chi connectivity index (χ3v) is 0.762. The number of carbonyl (C=O) groups is 1. The third-order valence-electron chi connectivity index (χ3n) is 0.762. The summed E-state index contributed by atoms with van der Waals surface area (Å²) < 4.78 is 0. The number of amides is 2. The van der Waals surface area contributed by atoms with Crippen LogP contribution in [-0.4, -0.2) is 6.03 Å². The van der Waals surface area contributed by atoms with E-state index < -0.39 is 0 Å². The maximum Gasteiger partial charge on any atom is 0.322 e. The fraction of sp³-hybridized carbons (Fsp3) is 0.286. The van der Waals surface area contributed by atoms with Crippen molar-refractivity contribution < 1.29 is 4.79 Å². The summed E-state index contributed by atoms with van der Waals surface area (Å²) in [5.41, 5.74) is 0. The average molecular weight is 140 g/mol. The first-order valence-electron chi connectivity index (χ1n) is 3.10. The van der Waals surface area contributed by atoms with Gasteiger partial charge in [0.1, 0.15) is 0 Å². The van der Waals surface area contributed by atoms with E-state index in [1.807, 2.05) is 13.8 Å². The van der Waals surface area contributed by atoms with Gasteiger partial charge in [0.05, 0.1) is 0 Å². The summed E-state index contributed by atoms with van der Waals surface area (Å²) in [5.74, 6) is 0. The number of nitrogens with one attached hydrogen (secondary N) is 2. The molecule has 0 aliphatic carbocycles. The van der Waals surface area contributed by atoms with Gasteiger partial charge in [-0.2, -0.15) is 0 Å². The maximum atomic E-state index is 10.6. The average Bonchev–Trinajstić information content (AvgIpc) is 1.97. The minimum Gasteiger partial charge on any atom is -0.315 e. The zero-order valence-corrected chi connectivity index (χ0v) is 6.22. The molecule has 3 heteroatoms. The second kappa shape index (κ2) is 5.88. The highest BCUT2D eigenvalue weighted by Crippen LogP contribution is 1.68. The zero-order valence-electron chi connectivity index (χ0n) is 6.22. The monoisotopic (exact) mass is 140 g/mol. The van der Waals surface area contributed by atoms with Crippen LogP contribution in [0.5, 0.6) is 0 Å². The Balaban J connectivity index is 3.44. The van der Waals surface area contributed by atoms with Crippen molar-refractivity contribution in [2.24, 2.45) is 0 Å². The van der Waals surface area contributed by atoms with Crippen LogP contribution >= 0.6 is 0 Å². The number of carbonyl (C=O) groups excluding carboxylic acids is 1. The molecule has 0 bridgehead atoms. The van der Waals surface area contributed by atoms with Gasteiger partial charge in [-0.3, -0.25) is 0 Å². The largest absolute Gasteiger partial charge is 0.322 e. The summed E-state index contributed by atoms with van der Waals surface area (Å²) in [6.07, 6.45) is 6.63. The van der Waals surface area contributed by atoms with Gasteiger partial charge in [-0.25, -0.2) is 4.79 Å². The van der Waals surface area contributed by atoms with E-state index >= 15 is 0 Å². The Morgan fingerprint density at radius 1 is 1.10 bits per heavy atom. The van der Waals surface area contributed by atoms with Crippen LogP contribution in [0.1, 0.15) is 13.8 Å². The van der Waals surface area contributed by atoms with Crippen molar-refractivity contribution in [3.8, 4) is 0 Å². The molecule has 0 aliphatic heterocycles. The van der Waals surface area contributed by atoms with Crippen LogP contribution in [0.25, 0.3) is 0 Å². The van der Waals surface area contributed by atoms with E-state index in [1.165, 1.54) is 0 Å². The summed E-state index contributed by atoms with van der Waals surface area (Å²) in [7, 11) is 0. The number of hydrogen-bond donors (Lipinski definition) is 2. The molecule has 2 amide bonds. The minimum absolute atomic E-state index is 0.226. The van der Waals surface area contributed by atoms with E-state index in [0.29, 0.717) is 0 Å². The lowest BCUT2D eigenvalue weighted by Crippen LogP contribution is -2.27. The topological polar surface area (TPSA) is 41.1 Å². The summed E-state index contributed by atoms with van der Waals surface area (Å²) in [5, 5.41) is 4.97. The molecule has 0 fully saturated rings. The van der Waals surface area contributed by atoms with E-state index in [0.717, 1.165) is 0 Å². The Morgan fingerprint density at radius 3 is 1.80 bits per heavy atom. The summed E-state index contributed by atoms with van der Waals surface area (Å²) in [6.45, 7) is 3.66. The number of urea groups is 1. The van der Waals surface area contributed by atoms with Crippen molar-refractivity contribution in [3.05, 3.63) is 24.6 Å². The van der Waals surface area contributed by atoms with Crippen molar-refractivity contribution in [1.82, 2.24) is 10.6 Å². The van der Waals surface area contributed by atoms with E-state index in [2.05, 4.69) is 10.6 Å². The predicted molar refractivity (Wildman–Crippen MR) is 41.3 cm³/mol. The minimum atomic E-state index is -0.226. The zero-order chi connectivity index (χ0) is 7.82. The molecule has 0 heterocycles. The second-order valence-electron chi connectivity index (χ2n) is 1.62. The molecular formula is C7H12N2O. The Kier molecular flexibility index (Phi) is 5.14. The maximum absolute atomic E-state index is 10.6. The van der Waals surface area contributed by atoms with E-state index in [1.54, 1.807) is 24.6 Å². The first-order valence-corrected chi connectivity index (χ1v) is 3.10. The third kappa shape index (κ3) is 4.90. The molecule has 0 rings (SSSR count). The van der Waals surface area contributed by atoms with E-state index in [9.17, 15) is 4.79 Å². The summed E-state index contributed by atoms with van der Waals surface area (Å²) in [4.78, 5) is 10.6. The van der Waals surface area contributed by atoms with Crippen molar-refractivity contribution in [1.29, 1.82) is 0 Å². The van der Waals surface area contributed by atoms with Gasteiger partial charge in [0, 0.05) is 12.4 Å². The second-order valence-corrected chi connectivity index (χ2v) is 1.62. The Hall–Kier alpha value is -1.25. The lowest BCUT2D eigenvalue weighted by Gasteiger charge is -1.95. The Bertz CT molecular complexity index is 134. The quantitative estimate of drug-likeness (QED) is 0.597. The van der Waals surface area contributed by atoms with Gasteiger partial charge in [-0.05, 0) is 13.8 Å². The van der Waals surface area contributed by atoms with Gasteiger partial charge >= 0.3 is 6.03 Å². The highest BCUT2D eigenvalue weighted by Gasteiger charge is 1.87. The van der Waals surface area contributed by atoms with Crippen LogP contribution in [0.15, 0.2) is 24.6 Å². The fourth-order valence-electron chi connectivity index (χ4n) is 0.360. The molecule has 0 saturated heterocycles. The molecule has 10 heavy (non-hydrogen) atoms. The highest BCUT2D eigenvalue weighted by molar-refractivity contribution is 5.75. The standard InChI is InChI=1S/C7H12N2O/c1-3-5-8-7(10)9-6-4-2/h3-6H,1-2H3,(H2,8,9,10)/b5-3-,6-4-. The number of allylic oxidation sites excluding steroid dienone is 2. The molecule has 0 aromatic heterocycles. The van der Waals surface area contributed by atoms with E-state index in [4.69, 9.17) is 0 Å². The molecule has 0 aromatic rings. The lowest BCUT2D eigenvalue weighted by molar-refractivity contribution is 0.247. The normalized spacial score (nSPS) is 10.6. The molecule has 0 saturated carbocycles. The molecule has 0 aliphatic rings. The molecule has 56 valence electrons. The molecule has 3 nitrogen and oxygen atoms in total. The molecule has 0 unspecified atom stereocenters. The molecular weight excluding hydrogens is 128 g/mol. The van der Waals surface area contributed by atoms with Gasteiger partial charge in [0.15, 0.2) is 0 Å². The van der Waals surface area contributed by atoms with Gasteiger partial charge < -0.3 is 10.6 Å². The molecule has 0 radical (unpaired) electrons. The first-order chi connectivity index (χ1) is 4.81. The molecule has 0 aromatic carbocycles. The van der Waals surface area contributed by atoms with Gasteiger partial charge in [0.25, 0.3) is 0 Å². The molecule has 0 atom stereocenters. The number of hydrogen-bond acceptors (Lipinski definition) is 1. The predicted octanol–water partition coefficient (Wildman–Crippen LogP) is 1.35. The smallest absolute Gasteiger partial charge is 0.315 e. The van der Waals surface area contributed by atoms with Crippen LogP contribution in [0.4, 0.5) is 4.79 Å². The van der Waals surface area contributed by atoms with Crippen molar-refractivity contribution in [2.45, 2.75) is 13.8 Å². The van der Waals surface area contributed by atoms with Crippen molar-refractivity contribution in [2.75, 3.05) is 0 Å². The summed E-state index contributed by atoms with van der Waals surface area (Å²) in [6, 6.07) is -0.226. The van der Waals surface area contributed by atoms with Crippen LogP contribution < -0.4 is 10.6 Å². The van der Waals surface area contributed by atoms with Gasteiger partial charge in [0.2, 0.25) is 0 Å². The first kappa shape index (κ1) is 8.75. The fourth-order valence-corrected chi connectivity index (χ4v) is 0.360. The molecule has 0 spiro atoms. The van der Waals surface area contributed by atoms with Gasteiger partial charge in [-0.1, -0.05) is 12.2 Å². The highest BCUT2D eigenvalue weighted by atomic mass is 16.2. The van der Waals surface area contributed by atoms with Crippen LogP contribution in [0.3, 0.4) is 0 Å². The summed E-state index contributed by atoms with van der Waals surface area (Å²) >= 11 is 0. The SMILES string of the molecule is C/C=C\NC(=O)N/C=C\C. The Morgan fingerprint density at radius 2 is 1.50 bits per heavy atom. The lowest BCUT2D eigenvalue weighted by atomic mass is 10.7. The Labute approximate surface area is 60.8 Å². The molecule has 2 N–H and O–H groups in total. The van der Waals surface area contributed by atoms with Crippen molar-refractivity contribution in [3.63, 3.8) is 0 Å². The van der Waals surface area contributed by atoms with E-state index in [-0.39, 0.29) is 6.03 Å². The van der Waals surface area contributed by atoms with Crippen LogP contribution in [0, 0.1) is 0 Å².